The zero-order chi connectivity index (χ0) is 10.3. The number of hydrogen-bond donors (Lipinski definition) is 1. The molecule has 0 heterocycles. The van der Waals surface area contributed by atoms with E-state index in [2.05, 4.69) is 0 Å². The number of hydrogen-bond acceptors (Lipinski definition) is 1. The molecular weight excluding hydrogens is 210 g/mol. The lowest BCUT2D eigenvalue weighted by Gasteiger charge is -2.37. The molecule has 0 atom stereocenters. The van der Waals surface area contributed by atoms with Crippen molar-refractivity contribution in [1.29, 1.82) is 0 Å². The molecule has 0 unspecified atom stereocenters. The van der Waals surface area contributed by atoms with Crippen molar-refractivity contribution in [3.8, 4) is 0 Å². The first-order chi connectivity index (χ1) is 6.54. The maximum absolute atomic E-state index is 13.4. The highest BCUT2D eigenvalue weighted by molar-refractivity contribution is 6.30. The maximum Gasteiger partial charge on any atom is 0.177 e. The van der Waals surface area contributed by atoms with E-state index in [1.165, 1.54) is 12.1 Å². The van der Waals surface area contributed by atoms with Gasteiger partial charge in [-0.15, -0.1) is 0 Å². The lowest BCUT2D eigenvalue weighted by atomic mass is 9.75. The van der Waals surface area contributed by atoms with Crippen LogP contribution in [0, 0.1) is 11.6 Å². The van der Waals surface area contributed by atoms with Gasteiger partial charge in [-0.3, -0.25) is 0 Å². The second-order valence-electron chi connectivity index (χ2n) is 3.61. The number of aliphatic hydroxyl groups is 1. The van der Waals surface area contributed by atoms with Crippen molar-refractivity contribution >= 4 is 11.6 Å². The predicted octanol–water partition coefficient (Wildman–Crippen LogP) is 2.99. The second kappa shape index (κ2) is 3.17. The molecule has 0 saturated heterocycles. The van der Waals surface area contributed by atoms with Gasteiger partial charge in [-0.05, 0) is 25.3 Å². The van der Waals surface area contributed by atoms with E-state index in [9.17, 15) is 13.9 Å². The van der Waals surface area contributed by atoms with E-state index in [0.29, 0.717) is 12.8 Å². The van der Waals surface area contributed by atoms with Gasteiger partial charge in [-0.2, -0.15) is 0 Å². The van der Waals surface area contributed by atoms with Gasteiger partial charge in [-0.25, -0.2) is 8.78 Å². The molecule has 0 bridgehead atoms. The zero-order valence-electron chi connectivity index (χ0n) is 7.36. The maximum atomic E-state index is 13.4. The Morgan fingerprint density at radius 1 is 1.21 bits per heavy atom. The lowest BCUT2D eigenvalue weighted by molar-refractivity contribution is -0.0421. The minimum atomic E-state index is -1.19. The van der Waals surface area contributed by atoms with Crippen LogP contribution in [0.15, 0.2) is 12.1 Å². The van der Waals surface area contributed by atoms with Crippen LogP contribution >= 0.6 is 11.6 Å². The average molecular weight is 219 g/mol. The quantitative estimate of drug-likeness (QED) is 0.719. The average Bonchev–Trinajstić information content (AvgIpc) is 2.11. The van der Waals surface area contributed by atoms with Gasteiger partial charge < -0.3 is 5.11 Å². The van der Waals surface area contributed by atoms with E-state index in [4.69, 9.17) is 11.6 Å². The Morgan fingerprint density at radius 2 is 1.86 bits per heavy atom. The van der Waals surface area contributed by atoms with Crippen molar-refractivity contribution < 1.29 is 13.9 Å². The summed E-state index contributed by atoms with van der Waals surface area (Å²) in [5.74, 6) is -2.11. The van der Waals surface area contributed by atoms with Crippen molar-refractivity contribution in [2.24, 2.45) is 0 Å². The largest absolute Gasteiger partial charge is 0.385 e. The molecule has 1 saturated carbocycles. The Labute approximate surface area is 85.3 Å². The lowest BCUT2D eigenvalue weighted by Crippen LogP contribution is -2.34. The minimum absolute atomic E-state index is 0.0191. The van der Waals surface area contributed by atoms with Crippen LogP contribution in [-0.4, -0.2) is 5.11 Å². The molecule has 1 fully saturated rings. The predicted molar refractivity (Wildman–Crippen MR) is 49.1 cm³/mol. The van der Waals surface area contributed by atoms with Crippen LogP contribution in [0.1, 0.15) is 24.8 Å². The molecule has 14 heavy (non-hydrogen) atoms. The van der Waals surface area contributed by atoms with Crippen molar-refractivity contribution in [3.63, 3.8) is 0 Å². The van der Waals surface area contributed by atoms with Gasteiger partial charge >= 0.3 is 0 Å². The minimum Gasteiger partial charge on any atom is -0.385 e. The summed E-state index contributed by atoms with van der Waals surface area (Å²) >= 11 is 5.40. The van der Waals surface area contributed by atoms with Crippen LogP contribution in [0.5, 0.6) is 0 Å². The molecule has 1 aliphatic rings. The molecule has 2 rings (SSSR count). The zero-order valence-corrected chi connectivity index (χ0v) is 8.11. The first-order valence-corrected chi connectivity index (χ1v) is 4.79. The third-order valence-corrected chi connectivity index (χ3v) is 3.01. The first kappa shape index (κ1) is 9.87. The Hall–Kier alpha value is -0.670. The summed E-state index contributed by atoms with van der Waals surface area (Å²) in [5.41, 5.74) is -1.17. The third kappa shape index (κ3) is 1.31. The molecule has 0 spiro atoms. The van der Waals surface area contributed by atoms with E-state index in [1.54, 1.807) is 0 Å². The highest BCUT2D eigenvalue weighted by Crippen LogP contribution is 2.43. The van der Waals surface area contributed by atoms with Gasteiger partial charge in [0.25, 0.3) is 0 Å². The van der Waals surface area contributed by atoms with Gasteiger partial charge in [0.05, 0.1) is 10.6 Å². The molecule has 1 N–H and O–H groups in total. The summed E-state index contributed by atoms with van der Waals surface area (Å²) in [5, 5.41) is 9.57. The van der Waals surface area contributed by atoms with Crippen molar-refractivity contribution in [2.45, 2.75) is 24.9 Å². The Morgan fingerprint density at radius 3 is 2.36 bits per heavy atom. The third-order valence-electron chi connectivity index (χ3n) is 2.72. The summed E-state index contributed by atoms with van der Waals surface area (Å²) in [6.07, 6.45) is 1.79. The number of halogens is 3. The van der Waals surface area contributed by atoms with Crippen LogP contribution in [0.25, 0.3) is 0 Å². The van der Waals surface area contributed by atoms with Crippen molar-refractivity contribution in [1.82, 2.24) is 0 Å². The smallest absolute Gasteiger partial charge is 0.177 e. The van der Waals surface area contributed by atoms with Crippen LogP contribution in [0.3, 0.4) is 0 Å². The molecule has 1 aliphatic carbocycles. The molecular formula is C10H9ClF2O. The summed E-state index contributed by atoms with van der Waals surface area (Å²) < 4.78 is 26.4. The molecule has 0 amide bonds. The second-order valence-corrected chi connectivity index (χ2v) is 4.02. The Balaban J connectivity index is 2.49. The topological polar surface area (TPSA) is 20.2 Å². The standard InChI is InChI=1S/C10H9ClF2O/c11-7-3-2-6(8(12)9(7)13)10(14)4-1-5-10/h2-3,14H,1,4-5H2. The SMILES string of the molecule is OC1(c2ccc(Cl)c(F)c2F)CCC1. The van der Waals surface area contributed by atoms with Gasteiger partial charge in [0, 0.05) is 5.56 Å². The van der Waals surface area contributed by atoms with Gasteiger partial charge in [0.15, 0.2) is 11.6 Å². The van der Waals surface area contributed by atoms with E-state index >= 15 is 0 Å². The van der Waals surface area contributed by atoms with Crippen LogP contribution < -0.4 is 0 Å². The fourth-order valence-electron chi connectivity index (χ4n) is 1.67. The van der Waals surface area contributed by atoms with Crippen molar-refractivity contribution in [2.75, 3.05) is 0 Å². The van der Waals surface area contributed by atoms with Gasteiger partial charge in [-0.1, -0.05) is 17.7 Å². The molecule has 4 heteroatoms. The highest BCUT2D eigenvalue weighted by Gasteiger charge is 2.39. The molecule has 0 aromatic heterocycles. The van der Waals surface area contributed by atoms with E-state index < -0.39 is 17.2 Å². The van der Waals surface area contributed by atoms with E-state index in [0.717, 1.165) is 6.42 Å². The summed E-state index contributed by atoms with van der Waals surface area (Å²) in [6.45, 7) is 0. The van der Waals surface area contributed by atoms with E-state index in [-0.39, 0.29) is 10.6 Å². The Bertz CT molecular complexity index is 375. The molecule has 1 aromatic carbocycles. The van der Waals surface area contributed by atoms with Gasteiger partial charge in [0.2, 0.25) is 0 Å². The van der Waals surface area contributed by atoms with E-state index in [1.807, 2.05) is 0 Å². The first-order valence-electron chi connectivity index (χ1n) is 4.41. The summed E-state index contributed by atoms with van der Waals surface area (Å²) in [6, 6.07) is 2.62. The Kier molecular flexibility index (Phi) is 2.24. The molecule has 76 valence electrons. The van der Waals surface area contributed by atoms with Crippen LogP contribution in [0.4, 0.5) is 8.78 Å². The van der Waals surface area contributed by atoms with Crippen LogP contribution in [0.2, 0.25) is 5.02 Å². The molecule has 0 radical (unpaired) electrons. The highest BCUT2D eigenvalue weighted by atomic mass is 35.5. The fraction of sp³-hybridized carbons (Fsp3) is 0.400. The van der Waals surface area contributed by atoms with Gasteiger partial charge in [0.1, 0.15) is 0 Å². The normalized spacial score (nSPS) is 19.1. The summed E-state index contributed by atoms with van der Waals surface area (Å²) in [7, 11) is 0. The summed E-state index contributed by atoms with van der Waals surface area (Å²) in [4.78, 5) is 0. The monoisotopic (exact) mass is 218 g/mol. The van der Waals surface area contributed by atoms with Crippen LogP contribution in [-0.2, 0) is 5.60 Å². The number of rotatable bonds is 1. The molecule has 1 aromatic rings. The van der Waals surface area contributed by atoms with Crippen molar-refractivity contribution in [3.05, 3.63) is 34.4 Å². The molecule has 0 aliphatic heterocycles. The number of benzene rings is 1. The molecule has 1 nitrogen and oxygen atoms in total. The fourth-order valence-corrected chi connectivity index (χ4v) is 1.81.